The first kappa shape index (κ1) is 18.7. The van der Waals surface area contributed by atoms with Gasteiger partial charge in [-0.3, -0.25) is 9.36 Å². The number of thiophene rings is 2. The van der Waals surface area contributed by atoms with Crippen LogP contribution in [0, 0.1) is 0 Å². The molecule has 0 bridgehead atoms. The molecule has 1 aliphatic rings. The highest BCUT2D eigenvalue weighted by Crippen LogP contribution is 2.39. The Morgan fingerprint density at radius 2 is 2.10 bits per heavy atom. The number of hydrogen-bond acceptors (Lipinski definition) is 5. The molecule has 1 amide bonds. The van der Waals surface area contributed by atoms with Crippen molar-refractivity contribution in [3.05, 3.63) is 78.0 Å². The van der Waals surface area contributed by atoms with Gasteiger partial charge in [-0.2, -0.15) is 0 Å². The van der Waals surface area contributed by atoms with E-state index in [9.17, 15) is 9.59 Å². The van der Waals surface area contributed by atoms with Crippen molar-refractivity contribution < 1.29 is 9.21 Å². The minimum atomic E-state index is -0.469. The number of nitrogens with zero attached hydrogens (tertiary/aromatic N) is 2. The van der Waals surface area contributed by atoms with Crippen LogP contribution < -0.4 is 5.76 Å². The number of carbonyl (C=O) groups excluding carboxylic acids is 1. The summed E-state index contributed by atoms with van der Waals surface area (Å²) in [5.41, 5.74) is 2.31. The summed E-state index contributed by atoms with van der Waals surface area (Å²) in [6.45, 7) is 0.960. The molecule has 0 radical (unpaired) electrons. The van der Waals surface area contributed by atoms with E-state index in [0.717, 1.165) is 6.42 Å². The molecule has 0 saturated carbocycles. The molecule has 3 aromatic heterocycles. The Bertz CT molecular complexity index is 1240. The monoisotopic (exact) mass is 444 g/mol. The molecule has 0 aliphatic carbocycles. The smallest absolute Gasteiger partial charge is 0.408 e. The highest BCUT2D eigenvalue weighted by atomic mass is 35.5. The predicted octanol–water partition coefficient (Wildman–Crippen LogP) is 4.94. The van der Waals surface area contributed by atoms with E-state index < -0.39 is 5.76 Å². The quantitative estimate of drug-likeness (QED) is 0.448. The fourth-order valence-corrected chi connectivity index (χ4v) is 5.86. The number of aromatic nitrogens is 1. The average Bonchev–Trinajstić information content (AvgIpc) is 3.44. The molecule has 1 aromatic carbocycles. The molecule has 4 heterocycles. The molecule has 148 valence electrons. The van der Waals surface area contributed by atoms with Gasteiger partial charge in [0.2, 0.25) is 5.91 Å². The fraction of sp³-hybridized carbons (Fsp3) is 0.238. The SMILES string of the molecule is O=C(CCn1c(=O)oc2cc(Cl)ccc21)N1CCc2sccc2C1c1cccs1. The molecule has 1 aliphatic heterocycles. The van der Waals surface area contributed by atoms with Gasteiger partial charge in [-0.15, -0.1) is 22.7 Å². The van der Waals surface area contributed by atoms with Crippen LogP contribution in [-0.4, -0.2) is 21.9 Å². The lowest BCUT2D eigenvalue weighted by molar-refractivity contribution is -0.133. The van der Waals surface area contributed by atoms with Gasteiger partial charge in [0.25, 0.3) is 0 Å². The number of carbonyl (C=O) groups is 1. The van der Waals surface area contributed by atoms with E-state index in [4.69, 9.17) is 16.0 Å². The second kappa shape index (κ2) is 7.48. The number of aryl methyl sites for hydroxylation is 1. The molecule has 1 atom stereocenters. The zero-order chi connectivity index (χ0) is 20.0. The van der Waals surface area contributed by atoms with Crippen LogP contribution in [0.4, 0.5) is 0 Å². The Morgan fingerprint density at radius 1 is 1.21 bits per heavy atom. The normalized spacial score (nSPS) is 16.3. The van der Waals surface area contributed by atoms with Gasteiger partial charge in [-0.25, -0.2) is 4.79 Å². The van der Waals surface area contributed by atoms with Gasteiger partial charge in [0.05, 0.1) is 11.6 Å². The number of oxazole rings is 1. The summed E-state index contributed by atoms with van der Waals surface area (Å²) in [5.74, 6) is -0.431. The lowest BCUT2D eigenvalue weighted by atomic mass is 9.98. The predicted molar refractivity (Wildman–Crippen MR) is 116 cm³/mol. The van der Waals surface area contributed by atoms with Crippen molar-refractivity contribution >= 4 is 51.3 Å². The first-order chi connectivity index (χ1) is 14.1. The van der Waals surface area contributed by atoms with Crippen molar-refractivity contribution in [2.75, 3.05) is 6.54 Å². The van der Waals surface area contributed by atoms with Crippen LogP contribution in [0.5, 0.6) is 0 Å². The third-order valence-electron chi connectivity index (χ3n) is 5.28. The van der Waals surface area contributed by atoms with Gasteiger partial charge in [0.1, 0.15) is 0 Å². The van der Waals surface area contributed by atoms with E-state index in [1.165, 1.54) is 19.9 Å². The maximum atomic E-state index is 13.2. The summed E-state index contributed by atoms with van der Waals surface area (Å²) in [5, 5.41) is 4.65. The maximum absolute atomic E-state index is 13.2. The molecular weight excluding hydrogens is 428 g/mol. The number of rotatable bonds is 4. The molecule has 5 nitrogen and oxygen atoms in total. The van der Waals surface area contributed by atoms with Crippen LogP contribution in [0.15, 0.2) is 56.4 Å². The van der Waals surface area contributed by atoms with Crippen LogP contribution >= 0.6 is 34.3 Å². The summed E-state index contributed by atoms with van der Waals surface area (Å²) < 4.78 is 6.78. The molecule has 1 unspecified atom stereocenters. The molecule has 8 heteroatoms. The van der Waals surface area contributed by atoms with Gasteiger partial charge >= 0.3 is 5.76 Å². The molecule has 0 saturated heterocycles. The van der Waals surface area contributed by atoms with Crippen LogP contribution in [0.3, 0.4) is 0 Å². The van der Waals surface area contributed by atoms with E-state index in [2.05, 4.69) is 17.5 Å². The minimum absolute atomic E-state index is 0.0375. The highest BCUT2D eigenvalue weighted by Gasteiger charge is 2.33. The van der Waals surface area contributed by atoms with Crippen LogP contribution in [0.25, 0.3) is 11.1 Å². The third-order valence-corrected chi connectivity index (χ3v) is 7.43. The molecule has 0 spiro atoms. The van der Waals surface area contributed by atoms with E-state index in [0.29, 0.717) is 22.7 Å². The molecule has 4 aromatic rings. The Labute approximate surface area is 179 Å². The van der Waals surface area contributed by atoms with Gasteiger partial charge in [0, 0.05) is 40.4 Å². The summed E-state index contributed by atoms with van der Waals surface area (Å²) in [4.78, 5) is 29.9. The van der Waals surface area contributed by atoms with Crippen LogP contribution in [-0.2, 0) is 17.8 Å². The van der Waals surface area contributed by atoms with Gasteiger partial charge in [-0.1, -0.05) is 17.7 Å². The number of fused-ring (bicyclic) bond motifs is 2. The van der Waals surface area contributed by atoms with Gasteiger partial charge in [-0.05, 0) is 47.0 Å². The van der Waals surface area contributed by atoms with Crippen molar-refractivity contribution in [2.24, 2.45) is 0 Å². The average molecular weight is 445 g/mol. The number of halogens is 1. The summed E-state index contributed by atoms with van der Waals surface area (Å²) in [6, 6.07) is 11.3. The first-order valence-corrected chi connectivity index (χ1v) is 11.4. The summed E-state index contributed by atoms with van der Waals surface area (Å²) >= 11 is 9.40. The highest BCUT2D eigenvalue weighted by molar-refractivity contribution is 7.10. The van der Waals surface area contributed by atoms with Crippen LogP contribution in [0.2, 0.25) is 5.02 Å². The summed E-state index contributed by atoms with van der Waals surface area (Å²) in [6.07, 6.45) is 1.10. The summed E-state index contributed by atoms with van der Waals surface area (Å²) in [7, 11) is 0. The van der Waals surface area contributed by atoms with Crippen LogP contribution in [0.1, 0.15) is 27.8 Å². The molecule has 0 fully saturated rings. The lowest BCUT2D eigenvalue weighted by Crippen LogP contribution is -2.40. The molecule has 29 heavy (non-hydrogen) atoms. The van der Waals surface area contributed by atoms with Crippen molar-refractivity contribution in [3.63, 3.8) is 0 Å². The Kier molecular flexibility index (Phi) is 4.81. The zero-order valence-corrected chi connectivity index (χ0v) is 17.7. The van der Waals surface area contributed by atoms with Crippen molar-refractivity contribution in [3.8, 4) is 0 Å². The van der Waals surface area contributed by atoms with E-state index in [1.54, 1.807) is 40.9 Å². The largest absolute Gasteiger partial charge is 0.419 e. The van der Waals surface area contributed by atoms with Gasteiger partial charge < -0.3 is 9.32 Å². The first-order valence-electron chi connectivity index (χ1n) is 9.30. The topological polar surface area (TPSA) is 55.5 Å². The number of amides is 1. The molecule has 5 rings (SSSR count). The number of benzene rings is 1. The molecular formula is C21H17ClN2O3S2. The minimum Gasteiger partial charge on any atom is -0.408 e. The fourth-order valence-electron chi connectivity index (χ4n) is 3.94. The standard InChI is InChI=1S/C21H17ClN2O3S2/c22-13-3-4-15-16(12-13)27-21(26)23(15)9-6-19(25)24-8-5-17-14(7-11-29-17)20(24)18-2-1-10-28-18/h1-4,7,10-12,20H,5-6,8-9H2. The Morgan fingerprint density at radius 3 is 2.93 bits per heavy atom. The third kappa shape index (κ3) is 3.33. The van der Waals surface area contributed by atoms with Crippen molar-refractivity contribution in [1.29, 1.82) is 0 Å². The van der Waals surface area contributed by atoms with Crippen molar-refractivity contribution in [1.82, 2.24) is 9.47 Å². The Hall–Kier alpha value is -2.35. The van der Waals surface area contributed by atoms with E-state index >= 15 is 0 Å². The zero-order valence-electron chi connectivity index (χ0n) is 15.3. The van der Waals surface area contributed by atoms with E-state index in [-0.39, 0.29) is 24.9 Å². The second-order valence-electron chi connectivity index (χ2n) is 6.94. The number of hydrogen-bond donors (Lipinski definition) is 0. The van der Waals surface area contributed by atoms with E-state index in [1.807, 2.05) is 16.3 Å². The van der Waals surface area contributed by atoms with Crippen molar-refractivity contribution in [2.45, 2.75) is 25.4 Å². The maximum Gasteiger partial charge on any atom is 0.419 e. The second-order valence-corrected chi connectivity index (χ2v) is 9.35. The molecule has 0 N–H and O–H groups in total. The van der Waals surface area contributed by atoms with Gasteiger partial charge in [0.15, 0.2) is 5.58 Å². The lowest BCUT2D eigenvalue weighted by Gasteiger charge is -2.35. The Balaban J connectivity index is 1.41.